The van der Waals surface area contributed by atoms with Crippen molar-refractivity contribution in [3.05, 3.63) is 18.6 Å². The molecule has 1 fully saturated rings. The molecule has 1 amide bonds. The fourth-order valence-corrected chi connectivity index (χ4v) is 1.87. The zero-order valence-corrected chi connectivity index (χ0v) is 8.55. The van der Waals surface area contributed by atoms with Gasteiger partial charge in [0.05, 0.1) is 11.4 Å². The summed E-state index contributed by atoms with van der Waals surface area (Å²) in [4.78, 5) is 23.5. The number of nitrogens with zero attached hydrogens (tertiary/aromatic N) is 3. The smallest absolute Gasteiger partial charge is 0.209 e. The highest BCUT2D eigenvalue weighted by molar-refractivity contribution is 5.86. The first kappa shape index (κ1) is 9.14. The molecule has 1 aliphatic heterocycles. The van der Waals surface area contributed by atoms with Crippen LogP contribution in [0.5, 0.6) is 0 Å². The summed E-state index contributed by atoms with van der Waals surface area (Å²) in [5.74, 6) is 0.821. The molecule has 0 atom stereocenters. The molecule has 0 bridgehead atoms. The van der Waals surface area contributed by atoms with E-state index in [4.69, 9.17) is 0 Å². The van der Waals surface area contributed by atoms with Crippen LogP contribution in [0.1, 0.15) is 0 Å². The van der Waals surface area contributed by atoms with Gasteiger partial charge in [-0.25, -0.2) is 9.97 Å². The van der Waals surface area contributed by atoms with Crippen molar-refractivity contribution in [3.63, 3.8) is 0 Å². The molecular formula is C10H11N5O. The Morgan fingerprint density at radius 1 is 1.50 bits per heavy atom. The Bertz CT molecular complexity index is 517. The van der Waals surface area contributed by atoms with E-state index in [2.05, 4.69) is 20.3 Å². The highest BCUT2D eigenvalue weighted by Crippen LogP contribution is 2.20. The summed E-state index contributed by atoms with van der Waals surface area (Å²) in [6.07, 6.45) is 4.23. The molecule has 2 N–H and O–H groups in total. The summed E-state index contributed by atoms with van der Waals surface area (Å²) in [7, 11) is 0. The summed E-state index contributed by atoms with van der Waals surface area (Å²) >= 11 is 0. The average molecular weight is 217 g/mol. The molecule has 82 valence electrons. The maximum absolute atomic E-state index is 10.4. The lowest BCUT2D eigenvalue weighted by atomic mass is 10.1. The molecule has 0 unspecified atom stereocenters. The standard InChI is InChI=1S/C10H11N5O/c16-6-15-3-7(4-15)14-10-8-1-2-11-9(8)12-5-13-10/h1-2,5-7H,3-4H2,(H2,11,12,13,14). The first-order chi connectivity index (χ1) is 7.86. The minimum atomic E-state index is 0.290. The Morgan fingerprint density at radius 3 is 3.19 bits per heavy atom. The maximum atomic E-state index is 10.4. The molecule has 6 nitrogen and oxygen atoms in total. The van der Waals surface area contributed by atoms with E-state index < -0.39 is 0 Å². The molecule has 1 saturated heterocycles. The van der Waals surface area contributed by atoms with Crippen LogP contribution in [0.2, 0.25) is 0 Å². The lowest BCUT2D eigenvalue weighted by molar-refractivity contribution is -0.121. The predicted molar refractivity (Wildman–Crippen MR) is 58.9 cm³/mol. The quantitative estimate of drug-likeness (QED) is 0.721. The SMILES string of the molecule is O=CN1CC(Nc2ncnc3[nH]ccc23)C1. The number of hydrogen-bond acceptors (Lipinski definition) is 4. The van der Waals surface area contributed by atoms with Gasteiger partial charge in [-0.05, 0) is 6.07 Å². The number of H-pyrrole nitrogens is 1. The normalized spacial score (nSPS) is 16.1. The van der Waals surface area contributed by atoms with Crippen molar-refractivity contribution in [2.75, 3.05) is 18.4 Å². The molecule has 0 spiro atoms. The van der Waals surface area contributed by atoms with Crippen molar-refractivity contribution >= 4 is 23.3 Å². The van der Waals surface area contributed by atoms with Gasteiger partial charge in [0.1, 0.15) is 17.8 Å². The highest BCUT2D eigenvalue weighted by atomic mass is 16.1. The summed E-state index contributed by atoms with van der Waals surface area (Å²) in [5, 5.41) is 4.28. The van der Waals surface area contributed by atoms with Crippen LogP contribution in [-0.4, -0.2) is 45.4 Å². The van der Waals surface area contributed by atoms with Crippen LogP contribution < -0.4 is 5.32 Å². The van der Waals surface area contributed by atoms with Gasteiger partial charge >= 0.3 is 0 Å². The van der Waals surface area contributed by atoms with Crippen LogP contribution in [-0.2, 0) is 4.79 Å². The zero-order chi connectivity index (χ0) is 11.0. The van der Waals surface area contributed by atoms with Crippen LogP contribution in [0.4, 0.5) is 5.82 Å². The maximum Gasteiger partial charge on any atom is 0.209 e. The molecule has 1 aliphatic rings. The second kappa shape index (κ2) is 3.48. The summed E-state index contributed by atoms with van der Waals surface area (Å²) in [6.45, 7) is 1.47. The number of rotatable bonds is 3. The molecule has 2 aromatic rings. The number of fused-ring (bicyclic) bond motifs is 1. The molecule has 3 rings (SSSR count). The third-order valence-electron chi connectivity index (χ3n) is 2.75. The van der Waals surface area contributed by atoms with Crippen LogP contribution in [0.3, 0.4) is 0 Å². The number of carbonyl (C=O) groups is 1. The molecule has 3 heterocycles. The van der Waals surface area contributed by atoms with Gasteiger partial charge in [-0.3, -0.25) is 4.79 Å². The minimum absolute atomic E-state index is 0.290. The van der Waals surface area contributed by atoms with E-state index in [0.717, 1.165) is 36.4 Å². The second-order valence-corrected chi connectivity index (χ2v) is 3.86. The van der Waals surface area contributed by atoms with Gasteiger partial charge < -0.3 is 15.2 Å². The number of aromatic amines is 1. The summed E-state index contributed by atoms with van der Waals surface area (Å²) < 4.78 is 0. The molecule has 6 heteroatoms. The van der Waals surface area contributed by atoms with Crippen molar-refractivity contribution in [3.8, 4) is 0 Å². The van der Waals surface area contributed by atoms with E-state index in [1.807, 2.05) is 12.3 Å². The van der Waals surface area contributed by atoms with E-state index in [1.165, 1.54) is 6.33 Å². The van der Waals surface area contributed by atoms with Crippen molar-refractivity contribution in [1.82, 2.24) is 19.9 Å². The van der Waals surface area contributed by atoms with E-state index in [1.54, 1.807) is 4.90 Å². The summed E-state index contributed by atoms with van der Waals surface area (Å²) in [6, 6.07) is 2.23. The first-order valence-electron chi connectivity index (χ1n) is 5.11. The first-order valence-corrected chi connectivity index (χ1v) is 5.11. The predicted octanol–water partition coefficient (Wildman–Crippen LogP) is 0.210. The van der Waals surface area contributed by atoms with Crippen LogP contribution in [0.15, 0.2) is 18.6 Å². The number of nitrogens with one attached hydrogen (secondary N) is 2. The fraction of sp³-hybridized carbons (Fsp3) is 0.300. The topological polar surface area (TPSA) is 73.9 Å². The van der Waals surface area contributed by atoms with Gasteiger partial charge in [0, 0.05) is 19.3 Å². The highest BCUT2D eigenvalue weighted by Gasteiger charge is 2.25. The Morgan fingerprint density at radius 2 is 2.38 bits per heavy atom. The summed E-state index contributed by atoms with van der Waals surface area (Å²) in [5.41, 5.74) is 0.823. The van der Waals surface area contributed by atoms with Gasteiger partial charge in [0.25, 0.3) is 0 Å². The van der Waals surface area contributed by atoms with Crippen LogP contribution >= 0.6 is 0 Å². The largest absolute Gasteiger partial charge is 0.363 e. The van der Waals surface area contributed by atoms with E-state index in [-0.39, 0.29) is 0 Å². The number of amides is 1. The van der Waals surface area contributed by atoms with Crippen LogP contribution in [0.25, 0.3) is 11.0 Å². The van der Waals surface area contributed by atoms with Crippen molar-refractivity contribution < 1.29 is 4.79 Å². The Kier molecular flexibility index (Phi) is 1.99. The van der Waals surface area contributed by atoms with Gasteiger partial charge in [-0.1, -0.05) is 0 Å². The second-order valence-electron chi connectivity index (χ2n) is 3.86. The lowest BCUT2D eigenvalue weighted by Gasteiger charge is -2.36. The molecule has 0 aliphatic carbocycles. The van der Waals surface area contributed by atoms with E-state index in [0.29, 0.717) is 6.04 Å². The third-order valence-corrected chi connectivity index (χ3v) is 2.75. The molecule has 0 aromatic carbocycles. The fourth-order valence-electron chi connectivity index (χ4n) is 1.87. The monoisotopic (exact) mass is 217 g/mol. The van der Waals surface area contributed by atoms with Gasteiger partial charge in [0.2, 0.25) is 6.41 Å². The van der Waals surface area contributed by atoms with Gasteiger partial charge in [-0.15, -0.1) is 0 Å². The average Bonchev–Trinajstić information content (AvgIpc) is 2.71. The molecule has 16 heavy (non-hydrogen) atoms. The zero-order valence-electron chi connectivity index (χ0n) is 8.55. The third kappa shape index (κ3) is 1.39. The van der Waals surface area contributed by atoms with Crippen molar-refractivity contribution in [1.29, 1.82) is 0 Å². The Hall–Kier alpha value is -2.11. The van der Waals surface area contributed by atoms with E-state index in [9.17, 15) is 4.79 Å². The van der Waals surface area contributed by atoms with Crippen molar-refractivity contribution in [2.45, 2.75) is 6.04 Å². The van der Waals surface area contributed by atoms with Crippen LogP contribution in [0, 0.1) is 0 Å². The molecular weight excluding hydrogens is 206 g/mol. The number of carbonyl (C=O) groups excluding carboxylic acids is 1. The van der Waals surface area contributed by atoms with E-state index >= 15 is 0 Å². The Labute approximate surface area is 91.7 Å². The number of hydrogen-bond donors (Lipinski definition) is 2. The number of likely N-dealkylation sites (tertiary alicyclic amines) is 1. The molecule has 2 aromatic heterocycles. The van der Waals surface area contributed by atoms with Gasteiger partial charge in [-0.2, -0.15) is 0 Å². The van der Waals surface area contributed by atoms with Crippen molar-refractivity contribution in [2.24, 2.45) is 0 Å². The molecule has 0 radical (unpaired) electrons. The minimum Gasteiger partial charge on any atom is -0.363 e. The number of aromatic nitrogens is 3. The molecule has 0 saturated carbocycles. The number of anilines is 1. The van der Waals surface area contributed by atoms with Gasteiger partial charge in [0.15, 0.2) is 0 Å². The Balaban J connectivity index is 1.79. The lowest BCUT2D eigenvalue weighted by Crippen LogP contribution is -2.53.